The average molecular weight is 274 g/mol. The highest BCUT2D eigenvalue weighted by Crippen LogP contribution is 2.36. The summed E-state index contributed by atoms with van der Waals surface area (Å²) in [5.41, 5.74) is 9.23. The molecule has 0 aromatic heterocycles. The van der Waals surface area contributed by atoms with Crippen LogP contribution in [0, 0.1) is 13.8 Å². The van der Waals surface area contributed by atoms with Crippen molar-refractivity contribution >= 4 is 12.4 Å². The quantitative estimate of drug-likeness (QED) is 0.892. The van der Waals surface area contributed by atoms with E-state index in [-0.39, 0.29) is 18.4 Å². The molecule has 0 spiro atoms. The van der Waals surface area contributed by atoms with E-state index in [9.17, 15) is 0 Å². The summed E-state index contributed by atoms with van der Waals surface area (Å²) in [7, 11) is 0. The maximum Gasteiger partial charge on any atom is 0.129 e. The normalized spacial score (nSPS) is 11.7. The molecule has 0 fully saturated rings. The maximum atomic E-state index is 5.98. The Kier molecular flexibility index (Phi) is 7.11. The Balaban J connectivity index is 0.00000289. The third-order valence-corrected chi connectivity index (χ3v) is 2.85. The van der Waals surface area contributed by atoms with Crippen LogP contribution in [0.1, 0.15) is 43.5 Å². The number of rotatable bonds is 5. The van der Waals surface area contributed by atoms with Crippen LogP contribution in [0.5, 0.6) is 11.5 Å². The van der Waals surface area contributed by atoms with E-state index in [4.69, 9.17) is 15.2 Å². The lowest BCUT2D eigenvalue weighted by Gasteiger charge is -2.20. The minimum Gasteiger partial charge on any atom is -0.493 e. The first kappa shape index (κ1) is 17.1. The first-order valence-electron chi connectivity index (χ1n) is 6.18. The molecule has 1 aromatic carbocycles. The van der Waals surface area contributed by atoms with Crippen molar-refractivity contribution in [3.8, 4) is 11.5 Å². The second kappa shape index (κ2) is 7.49. The van der Waals surface area contributed by atoms with Gasteiger partial charge in [-0.15, -0.1) is 12.4 Å². The number of hydrogen-bond donors (Lipinski definition) is 1. The van der Waals surface area contributed by atoms with Crippen LogP contribution in [0.4, 0.5) is 0 Å². The predicted octanol–water partition coefficient (Wildman–Crippen LogP) is 3.54. The molecule has 0 saturated heterocycles. The Bertz CT molecular complexity index is 392. The predicted molar refractivity (Wildman–Crippen MR) is 78.1 cm³/mol. The minimum atomic E-state index is -0.0194. The van der Waals surface area contributed by atoms with Crippen molar-refractivity contribution in [3.63, 3.8) is 0 Å². The Morgan fingerprint density at radius 1 is 1.11 bits per heavy atom. The molecule has 104 valence electrons. The number of nitrogens with two attached hydrogens (primary N) is 1. The molecule has 0 amide bonds. The van der Waals surface area contributed by atoms with Gasteiger partial charge in [0.25, 0.3) is 0 Å². The van der Waals surface area contributed by atoms with Gasteiger partial charge in [0.2, 0.25) is 0 Å². The number of benzene rings is 1. The summed E-state index contributed by atoms with van der Waals surface area (Å²) >= 11 is 0. The van der Waals surface area contributed by atoms with Crippen LogP contribution in [0.2, 0.25) is 0 Å². The highest BCUT2D eigenvalue weighted by atomic mass is 35.5. The average Bonchev–Trinajstić information content (AvgIpc) is 2.27. The summed E-state index contributed by atoms with van der Waals surface area (Å²) in [5.74, 6) is 1.78. The molecule has 1 rings (SSSR count). The van der Waals surface area contributed by atoms with Crippen LogP contribution in [0.25, 0.3) is 0 Å². The monoisotopic (exact) mass is 273 g/mol. The topological polar surface area (TPSA) is 44.5 Å². The van der Waals surface area contributed by atoms with E-state index < -0.39 is 0 Å². The van der Waals surface area contributed by atoms with Gasteiger partial charge in [0.05, 0.1) is 13.2 Å². The van der Waals surface area contributed by atoms with Gasteiger partial charge in [-0.3, -0.25) is 0 Å². The fourth-order valence-corrected chi connectivity index (χ4v) is 2.02. The highest BCUT2D eigenvalue weighted by molar-refractivity contribution is 5.85. The van der Waals surface area contributed by atoms with Gasteiger partial charge in [-0.25, -0.2) is 0 Å². The molecule has 0 aliphatic heterocycles. The number of halogens is 1. The van der Waals surface area contributed by atoms with E-state index in [2.05, 4.69) is 0 Å². The zero-order valence-corrected chi connectivity index (χ0v) is 12.7. The summed E-state index contributed by atoms with van der Waals surface area (Å²) in [6.07, 6.45) is 0. The van der Waals surface area contributed by atoms with E-state index in [0.29, 0.717) is 13.2 Å². The van der Waals surface area contributed by atoms with E-state index in [0.717, 1.165) is 28.2 Å². The van der Waals surface area contributed by atoms with Crippen molar-refractivity contribution < 1.29 is 9.47 Å². The van der Waals surface area contributed by atoms with Crippen LogP contribution in [-0.4, -0.2) is 13.2 Å². The molecule has 0 aliphatic rings. The lowest BCUT2D eigenvalue weighted by molar-refractivity contribution is 0.316. The van der Waals surface area contributed by atoms with Gasteiger partial charge in [-0.2, -0.15) is 0 Å². The molecule has 0 heterocycles. The first-order chi connectivity index (χ1) is 8.02. The Labute approximate surface area is 116 Å². The molecule has 0 unspecified atom stereocenters. The minimum absolute atomic E-state index is 0. The lowest BCUT2D eigenvalue weighted by atomic mass is 9.98. The van der Waals surface area contributed by atoms with Crippen molar-refractivity contribution in [1.29, 1.82) is 0 Å². The molecule has 1 aromatic rings. The third-order valence-electron chi connectivity index (χ3n) is 2.85. The van der Waals surface area contributed by atoms with Crippen LogP contribution >= 0.6 is 12.4 Å². The van der Waals surface area contributed by atoms with Crippen molar-refractivity contribution in [2.24, 2.45) is 5.73 Å². The molecule has 0 bridgehead atoms. The molecule has 0 radical (unpaired) electrons. The third kappa shape index (κ3) is 3.53. The zero-order chi connectivity index (χ0) is 13.0. The number of hydrogen-bond acceptors (Lipinski definition) is 3. The van der Waals surface area contributed by atoms with Gasteiger partial charge in [-0.1, -0.05) is 0 Å². The first-order valence-corrected chi connectivity index (χ1v) is 6.18. The Hall–Kier alpha value is -0.930. The zero-order valence-electron chi connectivity index (χ0n) is 11.9. The fraction of sp³-hybridized carbons (Fsp3) is 0.571. The highest BCUT2D eigenvalue weighted by Gasteiger charge is 2.16. The summed E-state index contributed by atoms with van der Waals surface area (Å²) in [4.78, 5) is 0. The van der Waals surface area contributed by atoms with Crippen molar-refractivity contribution in [2.45, 2.75) is 40.7 Å². The van der Waals surface area contributed by atoms with E-state index >= 15 is 0 Å². The summed E-state index contributed by atoms with van der Waals surface area (Å²) in [6.45, 7) is 11.3. The van der Waals surface area contributed by atoms with E-state index in [1.54, 1.807) is 0 Å². The number of ether oxygens (including phenoxy) is 2. The van der Waals surface area contributed by atoms with Crippen molar-refractivity contribution in [3.05, 3.63) is 22.8 Å². The Morgan fingerprint density at radius 3 is 2.11 bits per heavy atom. The Morgan fingerprint density at radius 2 is 1.67 bits per heavy atom. The molecule has 18 heavy (non-hydrogen) atoms. The van der Waals surface area contributed by atoms with E-state index in [1.165, 1.54) is 0 Å². The molecule has 0 aliphatic carbocycles. The largest absolute Gasteiger partial charge is 0.493 e. The summed E-state index contributed by atoms with van der Waals surface area (Å²) < 4.78 is 11.3. The van der Waals surface area contributed by atoms with Crippen LogP contribution < -0.4 is 15.2 Å². The van der Waals surface area contributed by atoms with Gasteiger partial charge >= 0.3 is 0 Å². The molecular formula is C14H24ClNO2. The lowest BCUT2D eigenvalue weighted by Crippen LogP contribution is -2.10. The van der Waals surface area contributed by atoms with Crippen LogP contribution in [0.3, 0.4) is 0 Å². The standard InChI is InChI=1S/C14H23NO2.ClH/c1-6-16-13-8-12(11(5)15)9(3)14(10(13)4)17-7-2;/h8,11H,6-7,15H2,1-5H3;1H/t11-;/m1./s1. The van der Waals surface area contributed by atoms with Crippen LogP contribution in [0.15, 0.2) is 6.07 Å². The van der Waals surface area contributed by atoms with Crippen LogP contribution in [-0.2, 0) is 0 Å². The second-order valence-corrected chi connectivity index (χ2v) is 4.20. The van der Waals surface area contributed by atoms with Gasteiger partial charge in [0.1, 0.15) is 11.5 Å². The molecule has 1 atom stereocenters. The molecule has 4 heteroatoms. The van der Waals surface area contributed by atoms with Crippen molar-refractivity contribution in [2.75, 3.05) is 13.2 Å². The van der Waals surface area contributed by atoms with Gasteiger partial charge in [-0.05, 0) is 51.8 Å². The molecule has 2 N–H and O–H groups in total. The molecular weight excluding hydrogens is 250 g/mol. The maximum absolute atomic E-state index is 5.98. The summed E-state index contributed by atoms with van der Waals surface area (Å²) in [5, 5.41) is 0. The van der Waals surface area contributed by atoms with Gasteiger partial charge < -0.3 is 15.2 Å². The van der Waals surface area contributed by atoms with Crippen molar-refractivity contribution in [1.82, 2.24) is 0 Å². The fourth-order valence-electron chi connectivity index (χ4n) is 2.02. The smallest absolute Gasteiger partial charge is 0.129 e. The molecule has 3 nitrogen and oxygen atoms in total. The SMILES string of the molecule is CCOc1cc([C@@H](C)N)c(C)c(OCC)c1C.Cl. The molecule has 0 saturated carbocycles. The van der Waals surface area contributed by atoms with Gasteiger partial charge in [0, 0.05) is 11.6 Å². The second-order valence-electron chi connectivity index (χ2n) is 4.20. The van der Waals surface area contributed by atoms with Gasteiger partial charge in [0.15, 0.2) is 0 Å². The van der Waals surface area contributed by atoms with E-state index in [1.807, 2.05) is 40.7 Å². The summed E-state index contributed by atoms with van der Waals surface area (Å²) in [6, 6.07) is 2.01.